The van der Waals surface area contributed by atoms with Gasteiger partial charge in [-0.2, -0.15) is 0 Å². The van der Waals surface area contributed by atoms with Crippen LogP contribution in [-0.2, 0) is 19.3 Å². The van der Waals surface area contributed by atoms with Crippen molar-refractivity contribution in [3.05, 3.63) is 34.9 Å². The lowest BCUT2D eigenvalue weighted by molar-refractivity contribution is 0.615. The molecule has 16 heavy (non-hydrogen) atoms. The van der Waals surface area contributed by atoms with Crippen LogP contribution in [0.5, 0.6) is 0 Å². The number of aryl methyl sites for hydroxylation is 1. The van der Waals surface area contributed by atoms with E-state index in [1.54, 1.807) is 11.1 Å². The van der Waals surface area contributed by atoms with E-state index in [4.69, 9.17) is 0 Å². The van der Waals surface area contributed by atoms with Crippen molar-refractivity contribution in [2.24, 2.45) is 11.8 Å². The number of hydrogen-bond acceptors (Lipinski definition) is 0. The van der Waals surface area contributed by atoms with E-state index >= 15 is 0 Å². The minimum absolute atomic E-state index is 0.748. The van der Waals surface area contributed by atoms with Gasteiger partial charge in [-0.3, -0.25) is 0 Å². The Morgan fingerprint density at radius 1 is 0.875 bits per heavy atom. The Bertz CT molecular complexity index is 321. The summed E-state index contributed by atoms with van der Waals surface area (Å²) in [6, 6.07) is 7.05. The Kier molecular flexibility index (Phi) is 5.05. The molecule has 0 heteroatoms. The monoisotopic (exact) mass is 218 g/mol. The SMILES string of the molecule is CCc1ccc(CC(C)C)c(CC(C)C)c1. The Hall–Kier alpha value is -0.780. The lowest BCUT2D eigenvalue weighted by Gasteiger charge is -2.15. The first-order valence-electron chi connectivity index (χ1n) is 6.63. The van der Waals surface area contributed by atoms with Crippen LogP contribution < -0.4 is 0 Å². The zero-order valence-electron chi connectivity index (χ0n) is 11.5. The molecule has 90 valence electrons. The van der Waals surface area contributed by atoms with Gasteiger partial charge in [-0.1, -0.05) is 52.8 Å². The molecule has 0 spiro atoms. The van der Waals surface area contributed by atoms with E-state index in [9.17, 15) is 0 Å². The molecule has 1 aromatic carbocycles. The van der Waals surface area contributed by atoms with Gasteiger partial charge in [-0.05, 0) is 47.8 Å². The number of rotatable bonds is 5. The molecule has 0 aliphatic rings. The highest BCUT2D eigenvalue weighted by Gasteiger charge is 2.07. The molecule has 0 saturated carbocycles. The van der Waals surface area contributed by atoms with Gasteiger partial charge in [0.2, 0.25) is 0 Å². The van der Waals surface area contributed by atoms with Gasteiger partial charge in [0.15, 0.2) is 0 Å². The normalized spacial score (nSPS) is 11.4. The first kappa shape index (κ1) is 13.3. The smallest absolute Gasteiger partial charge is 0.0253 e. The van der Waals surface area contributed by atoms with E-state index in [-0.39, 0.29) is 0 Å². The van der Waals surface area contributed by atoms with Crippen LogP contribution in [0.3, 0.4) is 0 Å². The van der Waals surface area contributed by atoms with Crippen LogP contribution in [0.15, 0.2) is 18.2 Å². The second-order valence-corrected chi connectivity index (χ2v) is 5.65. The van der Waals surface area contributed by atoms with Gasteiger partial charge >= 0.3 is 0 Å². The van der Waals surface area contributed by atoms with Crippen molar-refractivity contribution in [2.45, 2.75) is 53.9 Å². The first-order chi connectivity index (χ1) is 7.52. The lowest BCUT2D eigenvalue weighted by atomic mass is 9.91. The van der Waals surface area contributed by atoms with Crippen LogP contribution >= 0.6 is 0 Å². The molecule has 0 heterocycles. The summed E-state index contributed by atoms with van der Waals surface area (Å²) in [5.74, 6) is 1.50. The molecule has 0 aliphatic heterocycles. The highest BCUT2D eigenvalue weighted by molar-refractivity contribution is 5.33. The summed E-state index contributed by atoms with van der Waals surface area (Å²) in [4.78, 5) is 0. The highest BCUT2D eigenvalue weighted by Crippen LogP contribution is 2.19. The Labute approximate surface area is 101 Å². The van der Waals surface area contributed by atoms with Gasteiger partial charge in [-0.25, -0.2) is 0 Å². The molecule has 0 bridgehead atoms. The van der Waals surface area contributed by atoms with Gasteiger partial charge in [0.25, 0.3) is 0 Å². The molecule has 0 nitrogen and oxygen atoms in total. The minimum Gasteiger partial charge on any atom is -0.0625 e. The summed E-state index contributed by atoms with van der Waals surface area (Å²) < 4.78 is 0. The predicted octanol–water partition coefficient (Wildman–Crippen LogP) is 4.65. The van der Waals surface area contributed by atoms with Crippen molar-refractivity contribution in [3.63, 3.8) is 0 Å². The van der Waals surface area contributed by atoms with Gasteiger partial charge in [0, 0.05) is 0 Å². The Morgan fingerprint density at radius 2 is 1.44 bits per heavy atom. The maximum absolute atomic E-state index is 2.41. The van der Waals surface area contributed by atoms with Crippen LogP contribution in [0, 0.1) is 11.8 Å². The van der Waals surface area contributed by atoms with Crippen LogP contribution in [-0.4, -0.2) is 0 Å². The summed E-state index contributed by atoms with van der Waals surface area (Å²) in [7, 11) is 0. The molecule has 0 radical (unpaired) electrons. The average Bonchev–Trinajstić information content (AvgIpc) is 2.19. The third-order valence-electron chi connectivity index (χ3n) is 2.94. The van der Waals surface area contributed by atoms with Crippen molar-refractivity contribution in [1.82, 2.24) is 0 Å². The van der Waals surface area contributed by atoms with E-state index in [0.29, 0.717) is 0 Å². The maximum Gasteiger partial charge on any atom is -0.0253 e. The van der Waals surface area contributed by atoms with Crippen LogP contribution in [0.1, 0.15) is 51.3 Å². The van der Waals surface area contributed by atoms with Crippen LogP contribution in [0.4, 0.5) is 0 Å². The highest BCUT2D eigenvalue weighted by atomic mass is 14.1. The first-order valence-corrected chi connectivity index (χ1v) is 6.63. The molecule has 0 aromatic heterocycles. The number of benzene rings is 1. The average molecular weight is 218 g/mol. The molecular formula is C16H26. The number of hydrogen-bond donors (Lipinski definition) is 0. The van der Waals surface area contributed by atoms with Gasteiger partial charge < -0.3 is 0 Å². The zero-order chi connectivity index (χ0) is 12.1. The fourth-order valence-electron chi connectivity index (χ4n) is 2.17. The minimum atomic E-state index is 0.748. The molecule has 1 rings (SSSR count). The van der Waals surface area contributed by atoms with Crippen LogP contribution in [0.25, 0.3) is 0 Å². The van der Waals surface area contributed by atoms with Crippen molar-refractivity contribution >= 4 is 0 Å². The topological polar surface area (TPSA) is 0 Å². The fraction of sp³-hybridized carbons (Fsp3) is 0.625. The lowest BCUT2D eigenvalue weighted by Crippen LogP contribution is -2.03. The molecule has 0 amide bonds. The predicted molar refractivity (Wildman–Crippen MR) is 72.9 cm³/mol. The third kappa shape index (κ3) is 4.00. The zero-order valence-corrected chi connectivity index (χ0v) is 11.5. The summed E-state index contributed by atoms with van der Waals surface area (Å²) in [5.41, 5.74) is 4.60. The molecule has 0 saturated heterocycles. The van der Waals surface area contributed by atoms with Crippen LogP contribution in [0.2, 0.25) is 0 Å². The molecule has 0 fully saturated rings. The van der Waals surface area contributed by atoms with E-state index in [2.05, 4.69) is 52.8 Å². The standard InChI is InChI=1S/C16H26/c1-6-14-7-8-15(9-12(2)3)16(11-14)10-13(4)5/h7-8,11-13H,6,9-10H2,1-5H3. The van der Waals surface area contributed by atoms with Crippen molar-refractivity contribution in [3.8, 4) is 0 Å². The van der Waals surface area contributed by atoms with E-state index in [1.165, 1.54) is 18.4 Å². The van der Waals surface area contributed by atoms with Crippen molar-refractivity contribution < 1.29 is 0 Å². The summed E-state index contributed by atoms with van der Waals surface area (Å²) in [6.07, 6.45) is 3.58. The summed E-state index contributed by atoms with van der Waals surface area (Å²) in [5, 5.41) is 0. The maximum atomic E-state index is 2.41. The van der Waals surface area contributed by atoms with Gasteiger partial charge in [0.1, 0.15) is 0 Å². The Balaban J connectivity index is 2.96. The van der Waals surface area contributed by atoms with Gasteiger partial charge in [0.05, 0.1) is 0 Å². The fourth-order valence-corrected chi connectivity index (χ4v) is 2.17. The third-order valence-corrected chi connectivity index (χ3v) is 2.94. The van der Waals surface area contributed by atoms with E-state index in [1.807, 2.05) is 0 Å². The molecule has 0 N–H and O–H groups in total. The largest absolute Gasteiger partial charge is 0.0625 e. The molecule has 1 aromatic rings. The second kappa shape index (κ2) is 6.08. The Morgan fingerprint density at radius 3 is 1.94 bits per heavy atom. The quantitative estimate of drug-likeness (QED) is 0.675. The summed E-state index contributed by atoms with van der Waals surface area (Å²) >= 11 is 0. The van der Waals surface area contributed by atoms with Gasteiger partial charge in [-0.15, -0.1) is 0 Å². The molecule has 0 atom stereocenters. The second-order valence-electron chi connectivity index (χ2n) is 5.65. The molecule has 0 unspecified atom stereocenters. The molecular weight excluding hydrogens is 192 g/mol. The van der Waals surface area contributed by atoms with E-state index in [0.717, 1.165) is 18.3 Å². The van der Waals surface area contributed by atoms with Crippen molar-refractivity contribution in [1.29, 1.82) is 0 Å². The van der Waals surface area contributed by atoms with Crippen molar-refractivity contribution in [2.75, 3.05) is 0 Å². The molecule has 0 aliphatic carbocycles. The summed E-state index contributed by atoms with van der Waals surface area (Å²) in [6.45, 7) is 11.4. The van der Waals surface area contributed by atoms with E-state index < -0.39 is 0 Å².